The molecule has 0 aromatic heterocycles. The summed E-state index contributed by atoms with van der Waals surface area (Å²) >= 11 is 0. The molecule has 5 nitrogen and oxygen atoms in total. The summed E-state index contributed by atoms with van der Waals surface area (Å²) < 4.78 is 26.8. The Morgan fingerprint density at radius 1 is 1.27 bits per heavy atom. The van der Waals surface area contributed by atoms with Crippen LogP contribution in [0.4, 0.5) is 5.69 Å². The number of hydrogen-bond acceptors (Lipinski definition) is 5. The molecule has 1 aliphatic carbocycles. The standard InChI is InChI=1S/C16H21NO4S/c1-21-16(18)14-9-13(12-5-2-3-6-12)10-15(11-14)17-7-4-8-22(17,19)20/h5,9-11,19-20H,2-4,6-8H2,1H3. The maximum absolute atomic E-state index is 11.9. The van der Waals surface area contributed by atoms with Gasteiger partial charge in [-0.05, 0) is 55.0 Å². The van der Waals surface area contributed by atoms with E-state index in [2.05, 4.69) is 6.08 Å². The minimum absolute atomic E-state index is 0.382. The van der Waals surface area contributed by atoms with Gasteiger partial charge in [0.1, 0.15) is 0 Å². The van der Waals surface area contributed by atoms with Crippen LogP contribution in [0.1, 0.15) is 41.6 Å². The summed E-state index contributed by atoms with van der Waals surface area (Å²) in [7, 11) is -1.41. The highest BCUT2D eigenvalue weighted by Crippen LogP contribution is 2.51. The van der Waals surface area contributed by atoms with Crippen LogP contribution in [0.25, 0.3) is 5.57 Å². The molecule has 1 saturated heterocycles. The summed E-state index contributed by atoms with van der Waals surface area (Å²) in [5, 5.41) is 0. The van der Waals surface area contributed by atoms with E-state index in [9.17, 15) is 13.9 Å². The molecule has 0 bridgehead atoms. The molecular weight excluding hydrogens is 302 g/mol. The summed E-state index contributed by atoms with van der Waals surface area (Å²) in [5.41, 5.74) is 3.31. The lowest BCUT2D eigenvalue weighted by Crippen LogP contribution is -2.22. The van der Waals surface area contributed by atoms with Crippen molar-refractivity contribution >= 4 is 28.0 Å². The van der Waals surface area contributed by atoms with Crippen molar-refractivity contribution in [2.75, 3.05) is 23.7 Å². The third kappa shape index (κ3) is 2.86. The molecule has 0 spiro atoms. The molecule has 1 aliphatic heterocycles. The highest BCUT2D eigenvalue weighted by Gasteiger charge is 2.30. The number of benzene rings is 1. The second-order valence-electron chi connectivity index (χ2n) is 5.67. The fraction of sp³-hybridized carbons (Fsp3) is 0.438. The van der Waals surface area contributed by atoms with E-state index in [-0.39, 0.29) is 0 Å². The second-order valence-corrected chi connectivity index (χ2v) is 7.79. The van der Waals surface area contributed by atoms with Gasteiger partial charge in [-0.25, -0.2) is 4.79 Å². The van der Waals surface area contributed by atoms with E-state index in [1.807, 2.05) is 12.1 Å². The topological polar surface area (TPSA) is 70.0 Å². The van der Waals surface area contributed by atoms with Gasteiger partial charge < -0.3 is 4.74 Å². The van der Waals surface area contributed by atoms with Crippen molar-refractivity contribution in [1.29, 1.82) is 0 Å². The van der Waals surface area contributed by atoms with Gasteiger partial charge in [-0.1, -0.05) is 6.08 Å². The van der Waals surface area contributed by atoms with Crippen LogP contribution in [0.3, 0.4) is 0 Å². The Labute approximate surface area is 132 Å². The van der Waals surface area contributed by atoms with Crippen LogP contribution in [0.2, 0.25) is 0 Å². The normalized spacial score (nSPS) is 21.6. The molecule has 0 unspecified atom stereocenters. The largest absolute Gasteiger partial charge is 0.465 e. The summed E-state index contributed by atoms with van der Waals surface area (Å²) in [5.74, 6) is -0.0228. The van der Waals surface area contributed by atoms with Crippen LogP contribution in [-0.2, 0) is 4.74 Å². The van der Waals surface area contributed by atoms with Crippen molar-refractivity contribution < 1.29 is 18.6 Å². The van der Waals surface area contributed by atoms with Crippen LogP contribution >= 0.6 is 10.8 Å². The first-order chi connectivity index (χ1) is 10.5. The monoisotopic (exact) mass is 323 g/mol. The molecule has 0 atom stereocenters. The number of carbonyl (C=O) groups is 1. The van der Waals surface area contributed by atoms with Crippen LogP contribution in [0.15, 0.2) is 24.3 Å². The Balaban J connectivity index is 2.05. The first-order valence-electron chi connectivity index (χ1n) is 7.48. The molecule has 0 saturated carbocycles. The molecular formula is C16H21NO4S. The summed E-state index contributed by atoms with van der Waals surface area (Å²) in [4.78, 5) is 11.9. The lowest BCUT2D eigenvalue weighted by molar-refractivity contribution is 0.0600. The van der Waals surface area contributed by atoms with E-state index in [0.29, 0.717) is 23.5 Å². The zero-order valence-corrected chi connectivity index (χ0v) is 13.4. The summed E-state index contributed by atoms with van der Waals surface area (Å²) in [6.07, 6.45) is 6.07. The fourth-order valence-corrected chi connectivity index (χ4v) is 4.67. The van der Waals surface area contributed by atoms with Crippen molar-refractivity contribution in [3.63, 3.8) is 0 Å². The first-order valence-corrected chi connectivity index (χ1v) is 9.15. The average molecular weight is 323 g/mol. The van der Waals surface area contributed by atoms with Gasteiger partial charge in [-0.15, -0.1) is 10.8 Å². The molecule has 120 valence electrons. The van der Waals surface area contributed by atoms with E-state index in [1.54, 1.807) is 10.4 Å². The quantitative estimate of drug-likeness (QED) is 0.825. The van der Waals surface area contributed by atoms with E-state index in [0.717, 1.165) is 31.2 Å². The van der Waals surface area contributed by atoms with Gasteiger partial charge in [0.05, 0.1) is 24.1 Å². The smallest absolute Gasteiger partial charge is 0.337 e. The number of allylic oxidation sites excluding steroid dienone is 2. The van der Waals surface area contributed by atoms with Gasteiger partial charge >= 0.3 is 5.97 Å². The van der Waals surface area contributed by atoms with E-state index < -0.39 is 16.7 Å². The number of esters is 1. The Morgan fingerprint density at radius 3 is 2.68 bits per heavy atom. The minimum atomic E-state index is -2.77. The van der Waals surface area contributed by atoms with E-state index in [1.165, 1.54) is 12.7 Å². The number of ether oxygens (including phenoxy) is 1. The SMILES string of the molecule is COC(=O)c1cc(C2=CCCC2)cc(N2CCCS2(O)O)c1. The highest BCUT2D eigenvalue weighted by atomic mass is 32.3. The Bertz CT molecular complexity index is 627. The molecule has 3 rings (SSSR count). The molecule has 1 aromatic carbocycles. The molecule has 6 heteroatoms. The van der Waals surface area contributed by atoms with Gasteiger partial charge in [-0.2, -0.15) is 0 Å². The lowest BCUT2D eigenvalue weighted by Gasteiger charge is -2.38. The van der Waals surface area contributed by atoms with Gasteiger partial charge in [-0.3, -0.25) is 13.4 Å². The molecule has 1 aromatic rings. The molecule has 1 heterocycles. The Morgan fingerprint density at radius 2 is 2.09 bits per heavy atom. The molecule has 0 radical (unpaired) electrons. The maximum atomic E-state index is 11.9. The number of rotatable bonds is 3. The molecule has 2 N–H and O–H groups in total. The van der Waals surface area contributed by atoms with Crippen LogP contribution < -0.4 is 4.31 Å². The Kier molecular flexibility index (Phi) is 4.16. The number of nitrogens with zero attached hydrogens (tertiary/aromatic N) is 1. The Hall–Kier alpha value is -1.50. The molecule has 1 fully saturated rings. The highest BCUT2D eigenvalue weighted by molar-refractivity contribution is 8.25. The summed E-state index contributed by atoms with van der Waals surface area (Å²) in [6.45, 7) is 0.589. The van der Waals surface area contributed by atoms with Gasteiger partial charge in [0.15, 0.2) is 0 Å². The zero-order chi connectivity index (χ0) is 15.7. The van der Waals surface area contributed by atoms with Crippen molar-refractivity contribution in [3.05, 3.63) is 35.4 Å². The lowest BCUT2D eigenvalue weighted by atomic mass is 10.0. The fourth-order valence-electron chi connectivity index (χ4n) is 3.07. The third-order valence-electron chi connectivity index (χ3n) is 4.17. The maximum Gasteiger partial charge on any atom is 0.337 e. The molecule has 0 amide bonds. The van der Waals surface area contributed by atoms with Crippen LogP contribution in [-0.4, -0.2) is 34.5 Å². The van der Waals surface area contributed by atoms with Crippen molar-refractivity contribution in [2.24, 2.45) is 0 Å². The van der Waals surface area contributed by atoms with E-state index >= 15 is 0 Å². The van der Waals surface area contributed by atoms with Gasteiger partial charge in [0, 0.05) is 6.54 Å². The van der Waals surface area contributed by atoms with Crippen molar-refractivity contribution in [2.45, 2.75) is 25.7 Å². The predicted octanol–water partition coefficient (Wildman–Crippen LogP) is 3.92. The minimum Gasteiger partial charge on any atom is -0.465 e. The summed E-state index contributed by atoms with van der Waals surface area (Å²) in [6, 6.07) is 5.46. The number of methoxy groups -OCH3 is 1. The van der Waals surface area contributed by atoms with Crippen LogP contribution in [0.5, 0.6) is 0 Å². The van der Waals surface area contributed by atoms with Crippen molar-refractivity contribution in [1.82, 2.24) is 0 Å². The predicted molar refractivity (Wildman–Crippen MR) is 89.3 cm³/mol. The number of anilines is 1. The van der Waals surface area contributed by atoms with Crippen molar-refractivity contribution in [3.8, 4) is 0 Å². The van der Waals surface area contributed by atoms with Gasteiger partial charge in [0.25, 0.3) is 0 Å². The zero-order valence-electron chi connectivity index (χ0n) is 12.6. The molecule has 22 heavy (non-hydrogen) atoms. The van der Waals surface area contributed by atoms with Gasteiger partial charge in [0.2, 0.25) is 0 Å². The van der Waals surface area contributed by atoms with E-state index in [4.69, 9.17) is 4.74 Å². The first kappa shape index (κ1) is 15.4. The third-order valence-corrected chi connectivity index (χ3v) is 6.11. The second kappa shape index (κ2) is 5.95. The average Bonchev–Trinajstić information content (AvgIpc) is 3.15. The van der Waals surface area contributed by atoms with Crippen LogP contribution in [0, 0.1) is 0 Å². The molecule has 2 aliphatic rings. The number of hydrogen-bond donors (Lipinski definition) is 2. The number of carbonyl (C=O) groups excluding carboxylic acids is 1.